The quantitative estimate of drug-likeness (QED) is 0.820. The van der Waals surface area contributed by atoms with E-state index in [-0.39, 0.29) is 0 Å². The number of aryl methyl sites for hydroxylation is 1. The third-order valence-corrected chi connectivity index (χ3v) is 4.39. The highest BCUT2D eigenvalue weighted by molar-refractivity contribution is 5.77. The van der Waals surface area contributed by atoms with Crippen LogP contribution in [-0.4, -0.2) is 9.55 Å². The monoisotopic (exact) mass is 253 g/mol. The van der Waals surface area contributed by atoms with Crippen molar-refractivity contribution in [3.8, 4) is 6.07 Å². The summed E-state index contributed by atoms with van der Waals surface area (Å²) in [5.74, 6) is 1.83. The van der Waals surface area contributed by atoms with Crippen molar-refractivity contribution in [2.45, 2.75) is 44.4 Å². The van der Waals surface area contributed by atoms with Crippen LogP contribution >= 0.6 is 0 Å². The van der Waals surface area contributed by atoms with Gasteiger partial charge in [-0.05, 0) is 44.4 Å². The van der Waals surface area contributed by atoms with E-state index in [0.29, 0.717) is 5.92 Å². The van der Waals surface area contributed by atoms with Crippen molar-refractivity contribution in [1.29, 1.82) is 5.26 Å². The van der Waals surface area contributed by atoms with Crippen molar-refractivity contribution in [3.05, 3.63) is 29.6 Å². The Balaban J connectivity index is 2.12. The number of rotatable bonds is 2. The van der Waals surface area contributed by atoms with Gasteiger partial charge >= 0.3 is 0 Å². The van der Waals surface area contributed by atoms with Crippen LogP contribution in [0.1, 0.15) is 50.4 Å². The van der Waals surface area contributed by atoms with Crippen molar-refractivity contribution >= 4 is 11.0 Å². The Labute approximate surface area is 113 Å². The van der Waals surface area contributed by atoms with Crippen LogP contribution in [0.4, 0.5) is 0 Å². The van der Waals surface area contributed by atoms with E-state index in [0.717, 1.165) is 11.1 Å². The zero-order valence-electron chi connectivity index (χ0n) is 11.8. The average molecular weight is 253 g/mol. The van der Waals surface area contributed by atoms with Crippen LogP contribution in [0.5, 0.6) is 0 Å². The van der Waals surface area contributed by atoms with Gasteiger partial charge in [0.1, 0.15) is 5.82 Å². The Kier molecular flexibility index (Phi) is 2.63. The maximum Gasteiger partial charge on any atom is 0.112 e. The molecule has 0 spiro atoms. The zero-order chi connectivity index (χ0) is 13.6. The van der Waals surface area contributed by atoms with Gasteiger partial charge in [-0.25, -0.2) is 4.98 Å². The topological polar surface area (TPSA) is 41.6 Å². The minimum Gasteiger partial charge on any atom is -0.331 e. The second kappa shape index (κ2) is 4.09. The Morgan fingerprint density at radius 3 is 2.68 bits per heavy atom. The number of hydrogen-bond acceptors (Lipinski definition) is 2. The molecule has 0 amide bonds. The summed E-state index contributed by atoms with van der Waals surface area (Å²) in [5.41, 5.74) is 2.77. The summed E-state index contributed by atoms with van der Waals surface area (Å²) < 4.78 is 2.21. The van der Waals surface area contributed by atoms with E-state index >= 15 is 0 Å². The largest absolute Gasteiger partial charge is 0.331 e. The van der Waals surface area contributed by atoms with Gasteiger partial charge < -0.3 is 4.57 Å². The first-order valence-electron chi connectivity index (χ1n) is 6.91. The molecule has 1 aromatic carbocycles. The Morgan fingerprint density at radius 1 is 1.37 bits per heavy atom. The first kappa shape index (κ1) is 12.2. The van der Waals surface area contributed by atoms with Gasteiger partial charge in [-0.3, -0.25) is 0 Å². The van der Waals surface area contributed by atoms with Crippen molar-refractivity contribution in [2.75, 3.05) is 0 Å². The highest BCUT2D eigenvalue weighted by Gasteiger charge is 2.26. The lowest BCUT2D eigenvalue weighted by atomic mass is 9.85. The fraction of sp³-hybridized carbons (Fsp3) is 0.500. The highest BCUT2D eigenvalue weighted by atomic mass is 15.1. The third-order valence-electron chi connectivity index (χ3n) is 4.39. The molecule has 0 bridgehead atoms. The first-order valence-corrected chi connectivity index (χ1v) is 6.91. The second-order valence-electron chi connectivity index (χ2n) is 6.10. The van der Waals surface area contributed by atoms with Crippen molar-refractivity contribution in [3.63, 3.8) is 0 Å². The summed E-state index contributed by atoms with van der Waals surface area (Å²) in [6, 6.07) is 8.57. The molecule has 0 atom stereocenters. The molecule has 0 unspecified atom stereocenters. The van der Waals surface area contributed by atoms with Gasteiger partial charge in [0.25, 0.3) is 0 Å². The van der Waals surface area contributed by atoms with Gasteiger partial charge in [0.15, 0.2) is 0 Å². The second-order valence-corrected chi connectivity index (χ2v) is 6.10. The summed E-state index contributed by atoms with van der Waals surface area (Å²) in [6.07, 6.45) is 3.84. The predicted molar refractivity (Wildman–Crippen MR) is 75.9 cm³/mol. The van der Waals surface area contributed by atoms with E-state index in [1.165, 1.54) is 30.6 Å². The normalized spacial score (nSPS) is 16.3. The lowest BCUT2D eigenvalue weighted by molar-refractivity contribution is 0.395. The fourth-order valence-corrected chi connectivity index (χ4v) is 2.70. The van der Waals surface area contributed by atoms with Crippen molar-refractivity contribution < 1.29 is 0 Å². The van der Waals surface area contributed by atoms with Crippen LogP contribution < -0.4 is 0 Å². The van der Waals surface area contributed by atoms with Gasteiger partial charge in [0.05, 0.1) is 22.5 Å². The number of nitriles is 1. The molecule has 1 saturated carbocycles. The van der Waals surface area contributed by atoms with Crippen molar-refractivity contribution in [1.82, 2.24) is 9.55 Å². The maximum absolute atomic E-state index is 9.24. The van der Waals surface area contributed by atoms with Gasteiger partial charge in [-0.2, -0.15) is 5.26 Å². The fourth-order valence-electron chi connectivity index (χ4n) is 2.70. The van der Waals surface area contributed by atoms with Gasteiger partial charge in [-0.15, -0.1) is 0 Å². The Hall–Kier alpha value is -1.82. The van der Waals surface area contributed by atoms with Gasteiger partial charge in [-0.1, -0.05) is 12.5 Å². The minimum absolute atomic E-state index is 0.456. The number of imidazole rings is 1. The predicted octanol–water partition coefficient (Wildman–Crippen LogP) is 3.64. The number of fused-ring (bicyclic) bond motifs is 1. The van der Waals surface area contributed by atoms with E-state index in [2.05, 4.69) is 35.9 Å². The zero-order valence-corrected chi connectivity index (χ0v) is 11.8. The Bertz CT molecular complexity index is 669. The van der Waals surface area contributed by atoms with E-state index in [4.69, 9.17) is 4.98 Å². The molecule has 3 rings (SSSR count). The molecule has 2 aromatic rings. The molecule has 1 aromatic heterocycles. The van der Waals surface area contributed by atoms with Crippen LogP contribution in [0.25, 0.3) is 11.0 Å². The van der Waals surface area contributed by atoms with E-state index in [1.807, 2.05) is 13.8 Å². The van der Waals surface area contributed by atoms with Gasteiger partial charge in [0, 0.05) is 13.0 Å². The average Bonchev–Trinajstić information content (AvgIpc) is 2.64. The van der Waals surface area contributed by atoms with Gasteiger partial charge in [0.2, 0.25) is 0 Å². The van der Waals surface area contributed by atoms with Crippen LogP contribution in [0.2, 0.25) is 0 Å². The number of hydrogen-bond donors (Lipinski definition) is 0. The summed E-state index contributed by atoms with van der Waals surface area (Å²) in [4.78, 5) is 4.80. The minimum atomic E-state index is -0.456. The highest BCUT2D eigenvalue weighted by Crippen LogP contribution is 2.37. The van der Waals surface area contributed by atoms with E-state index < -0.39 is 5.41 Å². The molecule has 3 nitrogen and oxygen atoms in total. The third kappa shape index (κ3) is 1.83. The molecular formula is C16H19N3. The summed E-state index contributed by atoms with van der Waals surface area (Å²) in [7, 11) is 2.10. The van der Waals surface area contributed by atoms with Crippen LogP contribution in [0.15, 0.2) is 18.2 Å². The lowest BCUT2D eigenvalue weighted by Crippen LogP contribution is -2.13. The van der Waals surface area contributed by atoms with Crippen LogP contribution in [-0.2, 0) is 12.5 Å². The van der Waals surface area contributed by atoms with Crippen LogP contribution in [0, 0.1) is 11.3 Å². The summed E-state index contributed by atoms with van der Waals surface area (Å²) in [5, 5.41) is 9.24. The maximum atomic E-state index is 9.24. The first-order chi connectivity index (χ1) is 9.03. The summed E-state index contributed by atoms with van der Waals surface area (Å²) in [6.45, 7) is 3.90. The SMILES string of the molecule is Cn1c(C2CCC2)nc2cc(C(C)(C)C#N)ccc21. The molecule has 0 radical (unpaired) electrons. The molecule has 3 heteroatoms. The Morgan fingerprint density at radius 2 is 2.11 bits per heavy atom. The van der Waals surface area contributed by atoms with Crippen molar-refractivity contribution in [2.24, 2.45) is 7.05 Å². The molecule has 1 fully saturated rings. The van der Waals surface area contributed by atoms with E-state index in [1.54, 1.807) is 0 Å². The molecule has 1 heterocycles. The molecular weight excluding hydrogens is 234 g/mol. The number of benzene rings is 1. The summed E-state index contributed by atoms with van der Waals surface area (Å²) >= 11 is 0. The molecule has 19 heavy (non-hydrogen) atoms. The molecule has 98 valence electrons. The molecule has 1 aliphatic carbocycles. The molecule has 0 N–H and O–H groups in total. The van der Waals surface area contributed by atoms with E-state index in [9.17, 15) is 5.26 Å². The molecule has 0 aliphatic heterocycles. The molecule has 0 saturated heterocycles. The van der Waals surface area contributed by atoms with Crippen LogP contribution in [0.3, 0.4) is 0 Å². The number of aromatic nitrogens is 2. The smallest absolute Gasteiger partial charge is 0.112 e. The molecule has 1 aliphatic rings. The lowest BCUT2D eigenvalue weighted by Gasteiger charge is -2.24. The number of nitrogens with zero attached hydrogens (tertiary/aromatic N) is 3. The standard InChI is InChI=1S/C16H19N3/c1-16(2,10-17)12-7-8-14-13(9-12)18-15(19(14)3)11-5-4-6-11/h7-9,11H,4-6H2,1-3H3.